The van der Waals surface area contributed by atoms with Crippen molar-refractivity contribution in [3.63, 3.8) is 0 Å². The van der Waals surface area contributed by atoms with Crippen molar-refractivity contribution in [1.29, 1.82) is 5.26 Å². The number of hydrogen-bond donors (Lipinski definition) is 4. The zero-order valence-electron chi connectivity index (χ0n) is 88.9. The number of alkyl carbamates (subject to hydrolysis) is 2. The molecule has 3 saturated carbocycles. The monoisotopic (exact) mass is 1980 g/mol. The number of hydrogen-bond acceptors (Lipinski definition) is 27. The van der Waals surface area contributed by atoms with E-state index in [-0.39, 0.29) is 109 Å². The molecule has 0 saturated heterocycles. The van der Waals surface area contributed by atoms with Gasteiger partial charge in [-0.05, 0) is 286 Å². The fraction of sp³-hybridized carbons (Fsp3) is 0.876. The highest BCUT2D eigenvalue weighted by atomic mass is 28.4. The van der Waals surface area contributed by atoms with Gasteiger partial charge in [-0.1, -0.05) is 135 Å². The summed E-state index contributed by atoms with van der Waals surface area (Å²) in [5, 5.41) is 31.5. The molecule has 3 aliphatic rings. The first-order chi connectivity index (χ1) is 60.6. The van der Waals surface area contributed by atoms with Gasteiger partial charge in [-0.2, -0.15) is 5.26 Å². The summed E-state index contributed by atoms with van der Waals surface area (Å²) >= 11 is 0. The van der Waals surface area contributed by atoms with Gasteiger partial charge in [0.05, 0.1) is 46.1 Å². The van der Waals surface area contributed by atoms with Crippen molar-refractivity contribution < 1.29 is 113 Å². The summed E-state index contributed by atoms with van der Waals surface area (Å²) in [6.45, 7) is 79.7. The predicted octanol–water partition coefficient (Wildman–Crippen LogP) is 22.0. The number of aliphatic hydroxyl groups is 2. The molecule has 0 aromatic heterocycles. The van der Waals surface area contributed by atoms with Gasteiger partial charge in [-0.15, -0.1) is 0 Å². The molecule has 6 unspecified atom stereocenters. The third kappa shape index (κ3) is 66.8. The molecular formula is C97H189N5O24Si6. The van der Waals surface area contributed by atoms with E-state index in [9.17, 15) is 33.6 Å². The smallest absolute Gasteiger partial charge is 0.407 e. The van der Waals surface area contributed by atoms with Gasteiger partial charge in [0.2, 0.25) is 12.2 Å². The van der Waals surface area contributed by atoms with Crippen LogP contribution in [0, 0.1) is 44.0 Å². The summed E-state index contributed by atoms with van der Waals surface area (Å²) in [6.07, 6.45) is 22.6. The molecule has 4 N–H and O–H groups in total. The van der Waals surface area contributed by atoms with E-state index in [4.69, 9.17) is 79.9 Å². The number of nitrogens with zero attached hydrogens (tertiary/aromatic N) is 3. The Morgan fingerprint density at radius 3 is 1.03 bits per heavy atom. The van der Waals surface area contributed by atoms with E-state index in [1.807, 2.05) is 13.8 Å². The molecule has 0 aromatic carbocycles. The number of carbonyl (C=O) groups excluding carboxylic acids is 7. The Balaban J connectivity index is 0. The number of nitriles is 1. The Bertz CT molecular complexity index is 3490. The Morgan fingerprint density at radius 1 is 0.409 bits per heavy atom. The van der Waals surface area contributed by atoms with Crippen LogP contribution in [0.1, 0.15) is 267 Å². The van der Waals surface area contributed by atoms with E-state index in [1.165, 1.54) is 44.6 Å². The van der Waals surface area contributed by atoms with E-state index in [2.05, 4.69) is 228 Å². The zero-order valence-corrected chi connectivity index (χ0v) is 94.9. The van der Waals surface area contributed by atoms with Crippen molar-refractivity contribution in [2.45, 2.75) is 417 Å². The standard InChI is InChI=1S/C35H67NO9Si2.C28H56N2O6Si2.C16H38O4Si2.C12H18N2O2.C6H10O3/c1-13-14-23-46(9,10)44-34(6,7)45-47(11,12)24-15-18-40-19-20-43-32(39)36-29-25-33(4,5)27-35(8,26-29)17-16-30(37)41-21-22-42-31(38)28(2)3;1-11-12-17-37(7,8)35-27(4,5)36-38(9,10)18-13-14-33-15-16-34-25(32)30-24-19-26(2,3)21-28(6,20-24)22-29-23-31;1-8-9-14-21(4,5)19-16(2,3)20-22(6,7)15-10-12-18-13-11-17;1-11(2)4-10(16-8-13)5-12(3,6-11)7-14-9-15;1-5(2)6(8)9-4-3-7/h29H,2,13-27H2,1,3-12H3,(H,36,39);24H,11-22H2,1-10H3,(H,30,32);17H,8-15H2,1-7H3;10H,4-7H2,1-3H3;7H,1,3-4H2,2H3. The van der Waals surface area contributed by atoms with E-state index >= 15 is 0 Å². The molecule has 3 fully saturated rings. The first-order valence-electron chi connectivity index (χ1n) is 48.6. The van der Waals surface area contributed by atoms with Crippen molar-refractivity contribution in [1.82, 2.24) is 10.6 Å². The summed E-state index contributed by atoms with van der Waals surface area (Å²) < 4.78 is 86.2. The molecular weight excluding hydrogens is 1790 g/mol. The summed E-state index contributed by atoms with van der Waals surface area (Å²) in [6, 6.07) is 6.38. The number of carbonyl (C=O) groups is 5. The summed E-state index contributed by atoms with van der Waals surface area (Å²) in [7, 11) is -10.8. The number of unbranched alkanes of at least 4 members (excludes halogenated alkanes) is 3. The number of isocyanates is 2. The topological polar surface area (TPSA) is 371 Å². The van der Waals surface area contributed by atoms with Crippen LogP contribution >= 0.6 is 0 Å². The number of aliphatic hydroxyl groups excluding tert-OH is 2. The second-order valence-corrected chi connectivity index (χ2v) is 70.4. The Kier molecular flexibility index (Phi) is 61.2. The van der Waals surface area contributed by atoms with Crippen molar-refractivity contribution in [2.75, 3.05) is 99.0 Å². The van der Waals surface area contributed by atoms with E-state index < -0.39 is 91.4 Å². The molecule has 770 valence electrons. The maximum absolute atomic E-state index is 12.6. The van der Waals surface area contributed by atoms with Crippen molar-refractivity contribution in [3.8, 4) is 6.26 Å². The lowest BCUT2D eigenvalue weighted by Gasteiger charge is -2.46. The fourth-order valence-corrected chi connectivity index (χ4v) is 35.0. The Hall–Kier alpha value is -4.66. The Morgan fingerprint density at radius 2 is 0.705 bits per heavy atom. The van der Waals surface area contributed by atoms with Gasteiger partial charge in [0.25, 0.3) is 6.26 Å². The van der Waals surface area contributed by atoms with Crippen LogP contribution in [0.3, 0.4) is 0 Å². The number of rotatable bonds is 58. The molecule has 35 heteroatoms. The van der Waals surface area contributed by atoms with Crippen LogP contribution in [0.5, 0.6) is 0 Å². The van der Waals surface area contributed by atoms with Gasteiger partial charge >= 0.3 is 30.1 Å². The molecule has 3 rings (SSSR count). The molecule has 0 aliphatic heterocycles. The van der Waals surface area contributed by atoms with Crippen LogP contribution < -0.4 is 10.6 Å². The maximum atomic E-state index is 12.6. The van der Waals surface area contributed by atoms with E-state index in [0.717, 1.165) is 107 Å². The molecule has 0 heterocycles. The van der Waals surface area contributed by atoms with Crippen molar-refractivity contribution >= 4 is 92.2 Å². The van der Waals surface area contributed by atoms with Crippen molar-refractivity contribution in [2.24, 2.45) is 42.5 Å². The average molecular weight is 1980 g/mol. The first kappa shape index (κ1) is 129. The third-order valence-corrected chi connectivity index (χ3v) is 38.2. The molecule has 3 aliphatic carbocycles. The third-order valence-electron chi connectivity index (χ3n) is 22.6. The predicted molar refractivity (Wildman–Crippen MR) is 540 cm³/mol. The number of ether oxygens (including phenoxy) is 9. The highest BCUT2D eigenvalue weighted by Crippen LogP contribution is 2.50. The van der Waals surface area contributed by atoms with Gasteiger partial charge in [0.1, 0.15) is 56.5 Å². The highest BCUT2D eigenvalue weighted by molar-refractivity contribution is 6.73. The second-order valence-electron chi connectivity index (χ2n) is 45.1. The molecule has 0 aromatic rings. The maximum Gasteiger partial charge on any atom is 0.407 e. The van der Waals surface area contributed by atoms with Crippen LogP contribution in [-0.2, 0) is 93.2 Å². The highest BCUT2D eigenvalue weighted by Gasteiger charge is 2.47. The minimum absolute atomic E-state index is 0.00296. The SMILES string of the molecule is C=C(C)C(=O)OCCO.C=C(C)C(=O)OCCOC(=O)CCC1(C)CC(NC(=O)OCCOCCC[Si](C)(C)OC(C)(C)O[Si](C)(C)CCCC)CC(C)(C)C1.CC1(C)CC(OC#N)CC(C)(CN=C=O)C1.CCCC[Si](C)(C)OC(C)(C)O[Si](C)(C)CCCOCCO.CCCC[Si](C)(C)OC(C)(C)O[Si](C)(C)CCCOCCOC(=O)NC1CC(C)(C)CC(C)(CN=C=O)C1. The van der Waals surface area contributed by atoms with Crippen molar-refractivity contribution in [3.05, 3.63) is 24.3 Å². The molecule has 0 bridgehead atoms. The fourth-order valence-electron chi connectivity index (χ4n) is 19.3. The number of esters is 3. The normalized spacial score (nSPS) is 20.2. The van der Waals surface area contributed by atoms with Gasteiger partial charge in [0.15, 0.2) is 49.9 Å². The quantitative estimate of drug-likeness (QED) is 0.00506. The molecule has 132 heavy (non-hydrogen) atoms. The summed E-state index contributed by atoms with van der Waals surface area (Å²) in [5.41, 5.74) is 0.443. The number of amides is 2. The number of aliphatic imine (C=N–C) groups is 2. The van der Waals surface area contributed by atoms with E-state index in [0.29, 0.717) is 70.3 Å². The summed E-state index contributed by atoms with van der Waals surface area (Å²) in [5.74, 6) is -2.92. The van der Waals surface area contributed by atoms with Gasteiger partial charge in [0, 0.05) is 49.5 Å². The summed E-state index contributed by atoms with van der Waals surface area (Å²) in [4.78, 5) is 87.5. The number of nitrogens with one attached hydrogen (secondary N) is 2. The molecule has 6 atom stereocenters. The minimum atomic E-state index is -1.96. The molecule has 0 spiro atoms. The average Bonchev–Trinajstić information content (AvgIpc) is 0.817. The van der Waals surface area contributed by atoms with Crippen LogP contribution in [-0.4, -0.2) is 237 Å². The van der Waals surface area contributed by atoms with Crippen LogP contribution in [0.15, 0.2) is 34.3 Å². The van der Waals surface area contributed by atoms with Gasteiger partial charge in [-0.3, -0.25) is 4.79 Å². The van der Waals surface area contributed by atoms with Crippen LogP contribution in [0.4, 0.5) is 9.59 Å². The second kappa shape index (κ2) is 62.4. The van der Waals surface area contributed by atoms with Gasteiger partial charge in [-0.25, -0.2) is 38.8 Å². The lowest BCUT2D eigenvalue weighted by atomic mass is 9.61. The minimum Gasteiger partial charge on any atom is -0.462 e. The molecule has 2 amide bonds. The largest absolute Gasteiger partial charge is 0.462 e. The Labute approximate surface area is 805 Å². The lowest BCUT2D eigenvalue weighted by molar-refractivity contribution is -0.150. The lowest BCUT2D eigenvalue weighted by Crippen LogP contribution is -2.48. The zero-order chi connectivity index (χ0) is 102. The first-order valence-corrected chi connectivity index (χ1v) is 67.3. The van der Waals surface area contributed by atoms with E-state index in [1.54, 1.807) is 32.3 Å². The van der Waals surface area contributed by atoms with Crippen LogP contribution in [0.25, 0.3) is 0 Å². The molecule has 0 radical (unpaired) electrons. The molecule has 29 nitrogen and oxygen atoms in total. The van der Waals surface area contributed by atoms with Gasteiger partial charge < -0.3 is 90.0 Å². The van der Waals surface area contributed by atoms with Crippen LogP contribution in [0.2, 0.25) is 115 Å².